The molecule has 0 radical (unpaired) electrons. The topological polar surface area (TPSA) is 38.2 Å². The number of hydrogen-bond acceptors (Lipinski definition) is 4. The second-order valence-corrected chi connectivity index (χ2v) is 7.14. The number of morpholine rings is 1. The van der Waals surface area contributed by atoms with Crippen LogP contribution in [0.2, 0.25) is 0 Å². The standard InChI is InChI=1S/C17H23N3O/c1-12-7-6-8-13-14(12)15(19-11-18-13)20-9-16(2,3)21-17(4,5)10-20/h6-8,11H,9-10H2,1-5H3. The van der Waals surface area contributed by atoms with Crippen molar-refractivity contribution in [3.63, 3.8) is 0 Å². The van der Waals surface area contributed by atoms with Gasteiger partial charge in [0.05, 0.1) is 16.7 Å². The number of ether oxygens (including phenoxy) is 1. The molecule has 1 fully saturated rings. The van der Waals surface area contributed by atoms with Crippen molar-refractivity contribution < 1.29 is 4.74 Å². The third-order valence-electron chi connectivity index (χ3n) is 3.85. The van der Waals surface area contributed by atoms with Gasteiger partial charge in [0.25, 0.3) is 0 Å². The summed E-state index contributed by atoms with van der Waals surface area (Å²) in [4.78, 5) is 11.3. The molecule has 3 rings (SSSR count). The Morgan fingerprint density at radius 2 is 1.71 bits per heavy atom. The van der Waals surface area contributed by atoms with Gasteiger partial charge in [-0.05, 0) is 46.2 Å². The Morgan fingerprint density at radius 3 is 2.38 bits per heavy atom. The smallest absolute Gasteiger partial charge is 0.140 e. The lowest BCUT2D eigenvalue weighted by atomic mass is 9.98. The maximum atomic E-state index is 6.17. The lowest BCUT2D eigenvalue weighted by Gasteiger charge is -2.47. The normalized spacial score (nSPS) is 20.7. The fourth-order valence-electron chi connectivity index (χ4n) is 3.44. The first kappa shape index (κ1) is 14.3. The quantitative estimate of drug-likeness (QED) is 0.805. The van der Waals surface area contributed by atoms with Crippen LogP contribution in [-0.4, -0.2) is 34.3 Å². The zero-order chi connectivity index (χ0) is 15.3. The van der Waals surface area contributed by atoms with Crippen molar-refractivity contribution in [2.24, 2.45) is 0 Å². The zero-order valence-electron chi connectivity index (χ0n) is 13.5. The van der Waals surface area contributed by atoms with E-state index in [1.165, 1.54) is 5.56 Å². The summed E-state index contributed by atoms with van der Waals surface area (Å²) in [6.07, 6.45) is 1.66. The number of fused-ring (bicyclic) bond motifs is 1. The Balaban J connectivity index is 2.12. The highest BCUT2D eigenvalue weighted by Crippen LogP contribution is 2.34. The summed E-state index contributed by atoms with van der Waals surface area (Å²) in [6.45, 7) is 12.3. The Hall–Kier alpha value is -1.68. The largest absolute Gasteiger partial charge is 0.366 e. The average molecular weight is 285 g/mol. The minimum Gasteiger partial charge on any atom is -0.366 e. The molecule has 1 aromatic carbocycles. The summed E-state index contributed by atoms with van der Waals surface area (Å²) >= 11 is 0. The van der Waals surface area contributed by atoms with Crippen LogP contribution in [0.5, 0.6) is 0 Å². The van der Waals surface area contributed by atoms with E-state index in [-0.39, 0.29) is 11.2 Å². The molecule has 0 spiro atoms. The molecular weight excluding hydrogens is 262 g/mol. The van der Waals surface area contributed by atoms with Crippen molar-refractivity contribution >= 4 is 16.7 Å². The van der Waals surface area contributed by atoms with E-state index in [4.69, 9.17) is 4.74 Å². The highest BCUT2D eigenvalue weighted by Gasteiger charge is 2.39. The predicted octanol–water partition coefficient (Wildman–Crippen LogP) is 3.33. The molecule has 0 saturated carbocycles. The van der Waals surface area contributed by atoms with Gasteiger partial charge in [-0.3, -0.25) is 0 Å². The van der Waals surface area contributed by atoms with Gasteiger partial charge < -0.3 is 9.64 Å². The Labute approximate surface area is 126 Å². The third-order valence-corrected chi connectivity index (χ3v) is 3.85. The van der Waals surface area contributed by atoms with Gasteiger partial charge in [-0.1, -0.05) is 12.1 Å². The van der Waals surface area contributed by atoms with E-state index in [9.17, 15) is 0 Å². The molecule has 21 heavy (non-hydrogen) atoms. The number of nitrogens with zero attached hydrogens (tertiary/aromatic N) is 3. The summed E-state index contributed by atoms with van der Waals surface area (Å²) in [5, 5.41) is 1.15. The molecule has 0 N–H and O–H groups in total. The molecule has 0 bridgehead atoms. The van der Waals surface area contributed by atoms with Crippen LogP contribution in [0.4, 0.5) is 5.82 Å². The van der Waals surface area contributed by atoms with Crippen molar-refractivity contribution in [3.8, 4) is 0 Å². The molecule has 0 amide bonds. The number of aromatic nitrogens is 2. The Bertz CT molecular complexity index is 658. The summed E-state index contributed by atoms with van der Waals surface area (Å²) in [5.41, 5.74) is 1.83. The number of hydrogen-bond donors (Lipinski definition) is 0. The van der Waals surface area contributed by atoms with Crippen LogP contribution >= 0.6 is 0 Å². The molecule has 2 heterocycles. The maximum absolute atomic E-state index is 6.17. The summed E-state index contributed by atoms with van der Waals surface area (Å²) in [6, 6.07) is 6.21. The predicted molar refractivity (Wildman–Crippen MR) is 85.7 cm³/mol. The first-order valence-corrected chi connectivity index (χ1v) is 7.43. The van der Waals surface area contributed by atoms with Gasteiger partial charge in [-0.25, -0.2) is 9.97 Å². The second kappa shape index (κ2) is 4.67. The number of aryl methyl sites for hydroxylation is 1. The number of rotatable bonds is 1. The van der Waals surface area contributed by atoms with Crippen molar-refractivity contribution in [1.29, 1.82) is 0 Å². The van der Waals surface area contributed by atoms with Gasteiger partial charge in [-0.15, -0.1) is 0 Å². The van der Waals surface area contributed by atoms with Gasteiger partial charge in [0.2, 0.25) is 0 Å². The van der Waals surface area contributed by atoms with E-state index in [2.05, 4.69) is 55.6 Å². The molecule has 1 aliphatic heterocycles. The SMILES string of the molecule is Cc1cccc2ncnc(N3CC(C)(C)OC(C)(C)C3)c12. The van der Waals surface area contributed by atoms with E-state index in [0.717, 1.165) is 29.8 Å². The number of anilines is 1. The van der Waals surface area contributed by atoms with Crippen LogP contribution in [0.3, 0.4) is 0 Å². The molecule has 0 aliphatic carbocycles. The van der Waals surface area contributed by atoms with E-state index in [0.29, 0.717) is 0 Å². The maximum Gasteiger partial charge on any atom is 0.140 e. The van der Waals surface area contributed by atoms with Crippen molar-refractivity contribution in [2.75, 3.05) is 18.0 Å². The Kier molecular flexibility index (Phi) is 3.17. The molecule has 0 unspecified atom stereocenters. The lowest BCUT2D eigenvalue weighted by Crippen LogP contribution is -2.57. The summed E-state index contributed by atoms with van der Waals surface area (Å²) in [5.74, 6) is 1.02. The van der Waals surface area contributed by atoms with Crippen molar-refractivity contribution in [1.82, 2.24) is 9.97 Å². The van der Waals surface area contributed by atoms with Gasteiger partial charge in [0.1, 0.15) is 12.1 Å². The van der Waals surface area contributed by atoms with Crippen LogP contribution in [0.25, 0.3) is 10.9 Å². The van der Waals surface area contributed by atoms with E-state index in [1.807, 2.05) is 12.1 Å². The summed E-state index contributed by atoms with van der Waals surface area (Å²) < 4.78 is 6.17. The van der Waals surface area contributed by atoms with Gasteiger partial charge in [-0.2, -0.15) is 0 Å². The molecule has 1 aromatic heterocycles. The highest BCUT2D eigenvalue weighted by atomic mass is 16.5. The van der Waals surface area contributed by atoms with Crippen LogP contribution in [0, 0.1) is 6.92 Å². The van der Waals surface area contributed by atoms with Crippen LogP contribution in [0.15, 0.2) is 24.5 Å². The molecule has 2 aromatic rings. The molecule has 1 aliphatic rings. The zero-order valence-corrected chi connectivity index (χ0v) is 13.5. The van der Waals surface area contributed by atoms with E-state index < -0.39 is 0 Å². The molecule has 112 valence electrons. The lowest BCUT2D eigenvalue weighted by molar-refractivity contribution is -0.133. The molecule has 4 heteroatoms. The minimum atomic E-state index is -0.193. The van der Waals surface area contributed by atoms with Gasteiger partial charge in [0, 0.05) is 18.5 Å². The van der Waals surface area contributed by atoms with E-state index >= 15 is 0 Å². The van der Waals surface area contributed by atoms with Crippen LogP contribution < -0.4 is 4.90 Å². The molecule has 1 saturated heterocycles. The molecule has 0 atom stereocenters. The second-order valence-electron chi connectivity index (χ2n) is 7.14. The fourth-order valence-corrected chi connectivity index (χ4v) is 3.44. The first-order chi connectivity index (χ1) is 9.77. The average Bonchev–Trinajstić information content (AvgIpc) is 2.35. The van der Waals surface area contributed by atoms with Gasteiger partial charge >= 0.3 is 0 Å². The third kappa shape index (κ3) is 2.72. The van der Waals surface area contributed by atoms with Gasteiger partial charge in [0.15, 0.2) is 0 Å². The van der Waals surface area contributed by atoms with E-state index in [1.54, 1.807) is 6.33 Å². The Morgan fingerprint density at radius 1 is 1.05 bits per heavy atom. The van der Waals surface area contributed by atoms with Crippen molar-refractivity contribution in [2.45, 2.75) is 45.8 Å². The minimum absolute atomic E-state index is 0.193. The van der Waals surface area contributed by atoms with Crippen LogP contribution in [0.1, 0.15) is 33.3 Å². The fraction of sp³-hybridized carbons (Fsp3) is 0.529. The first-order valence-electron chi connectivity index (χ1n) is 7.43. The molecule has 4 nitrogen and oxygen atoms in total. The summed E-state index contributed by atoms with van der Waals surface area (Å²) in [7, 11) is 0. The van der Waals surface area contributed by atoms with Crippen LogP contribution in [-0.2, 0) is 4.74 Å². The molecular formula is C17H23N3O. The highest BCUT2D eigenvalue weighted by molar-refractivity contribution is 5.92. The monoisotopic (exact) mass is 285 g/mol. The van der Waals surface area contributed by atoms with Crippen molar-refractivity contribution in [3.05, 3.63) is 30.1 Å². The number of benzene rings is 1.